The number of rotatable bonds is 3. The Morgan fingerprint density at radius 2 is 2.22 bits per heavy atom. The van der Waals surface area contributed by atoms with Crippen LogP contribution in [0.5, 0.6) is 0 Å². The Balaban J connectivity index is 2.20. The normalized spacial score (nSPS) is 32.7. The maximum atomic E-state index is 11.0. The summed E-state index contributed by atoms with van der Waals surface area (Å²) in [5, 5.41) is 15.4. The van der Waals surface area contributed by atoms with Gasteiger partial charge in [0.1, 0.15) is 0 Å². The van der Waals surface area contributed by atoms with Crippen LogP contribution in [0.2, 0.25) is 0 Å². The van der Waals surface area contributed by atoms with Crippen LogP contribution in [0.15, 0.2) is 6.07 Å². The van der Waals surface area contributed by atoms with Crippen molar-refractivity contribution >= 4 is 0 Å². The Kier molecular flexibility index (Phi) is 3.81. The maximum absolute atomic E-state index is 11.0. The topological polar surface area (TPSA) is 38.0 Å². The van der Waals surface area contributed by atoms with Gasteiger partial charge in [0.25, 0.3) is 0 Å². The van der Waals surface area contributed by atoms with E-state index < -0.39 is 5.60 Å². The first-order chi connectivity index (χ1) is 8.46. The van der Waals surface area contributed by atoms with E-state index in [1.165, 1.54) is 12.1 Å². The lowest BCUT2D eigenvalue weighted by molar-refractivity contribution is -0.0633. The molecule has 1 saturated carbocycles. The molecule has 0 aromatic carbocycles. The second kappa shape index (κ2) is 5.04. The highest BCUT2D eigenvalue weighted by molar-refractivity contribution is 5.13. The van der Waals surface area contributed by atoms with Crippen molar-refractivity contribution in [2.24, 2.45) is 11.8 Å². The fourth-order valence-electron chi connectivity index (χ4n) is 3.32. The van der Waals surface area contributed by atoms with E-state index >= 15 is 0 Å². The van der Waals surface area contributed by atoms with E-state index in [4.69, 9.17) is 0 Å². The average Bonchev–Trinajstić information content (AvgIpc) is 2.66. The highest BCUT2D eigenvalue weighted by Gasteiger charge is 2.40. The number of aliphatic hydroxyl groups is 1. The Hall–Kier alpha value is -0.830. The third kappa shape index (κ3) is 2.46. The smallest absolute Gasteiger partial charge is 0.0730 e. The molecule has 0 saturated heterocycles. The zero-order chi connectivity index (χ0) is 13.3. The highest BCUT2D eigenvalue weighted by atomic mass is 16.3. The van der Waals surface area contributed by atoms with E-state index in [0.717, 1.165) is 31.5 Å². The molecule has 0 radical (unpaired) electrons. The third-order valence-electron chi connectivity index (χ3n) is 4.74. The first-order valence-electron chi connectivity index (χ1n) is 7.22. The molecule has 102 valence electrons. The zero-order valence-corrected chi connectivity index (χ0v) is 12.1. The summed E-state index contributed by atoms with van der Waals surface area (Å²) >= 11 is 0. The van der Waals surface area contributed by atoms with Crippen molar-refractivity contribution < 1.29 is 5.11 Å². The Bertz CT molecular complexity index is 413. The minimum absolute atomic E-state index is 0.367. The van der Waals surface area contributed by atoms with Gasteiger partial charge in [0.05, 0.1) is 11.3 Å². The van der Waals surface area contributed by atoms with Gasteiger partial charge in [0.15, 0.2) is 0 Å². The van der Waals surface area contributed by atoms with Gasteiger partial charge in [0, 0.05) is 18.7 Å². The molecule has 3 unspecified atom stereocenters. The van der Waals surface area contributed by atoms with Gasteiger partial charge in [-0.3, -0.25) is 4.68 Å². The van der Waals surface area contributed by atoms with Crippen molar-refractivity contribution in [1.29, 1.82) is 0 Å². The van der Waals surface area contributed by atoms with Crippen LogP contribution in [0.3, 0.4) is 0 Å². The van der Waals surface area contributed by atoms with Gasteiger partial charge < -0.3 is 5.11 Å². The molecule has 1 fully saturated rings. The van der Waals surface area contributed by atoms with Crippen LogP contribution in [0, 0.1) is 18.8 Å². The van der Waals surface area contributed by atoms with Crippen molar-refractivity contribution in [2.45, 2.75) is 65.5 Å². The molecule has 3 heteroatoms. The molecule has 0 bridgehead atoms. The maximum Gasteiger partial charge on any atom is 0.0730 e. The first kappa shape index (κ1) is 13.6. The van der Waals surface area contributed by atoms with E-state index in [1.54, 1.807) is 0 Å². The Labute approximate surface area is 110 Å². The van der Waals surface area contributed by atoms with Gasteiger partial charge in [0.2, 0.25) is 0 Å². The fourth-order valence-corrected chi connectivity index (χ4v) is 3.32. The molecular formula is C15H26N2O. The van der Waals surface area contributed by atoms with Crippen LogP contribution in [0.25, 0.3) is 0 Å². The van der Waals surface area contributed by atoms with E-state index in [-0.39, 0.29) is 0 Å². The van der Waals surface area contributed by atoms with E-state index in [1.807, 2.05) is 11.6 Å². The van der Waals surface area contributed by atoms with Crippen LogP contribution in [0.1, 0.15) is 51.4 Å². The van der Waals surface area contributed by atoms with E-state index in [0.29, 0.717) is 11.8 Å². The molecule has 1 aromatic rings. The standard InChI is InChI=1S/C15H26N2O/c1-5-17-14(9-12(3)16-17)10-15(18)8-6-7-11(2)13(15)4/h9,11,13,18H,5-8,10H2,1-4H3. The number of aryl methyl sites for hydroxylation is 2. The number of nitrogens with zero attached hydrogens (tertiary/aromatic N) is 2. The molecule has 1 aliphatic rings. The second-order valence-corrected chi connectivity index (χ2v) is 6.03. The predicted octanol–water partition coefficient (Wildman–Crippen LogP) is 2.94. The molecule has 0 aliphatic heterocycles. The summed E-state index contributed by atoms with van der Waals surface area (Å²) in [6.07, 6.45) is 4.05. The number of aromatic nitrogens is 2. The minimum atomic E-state index is -0.545. The largest absolute Gasteiger partial charge is 0.389 e. The summed E-state index contributed by atoms with van der Waals surface area (Å²) in [6, 6.07) is 2.12. The van der Waals surface area contributed by atoms with E-state index in [2.05, 4.69) is 31.9 Å². The predicted molar refractivity (Wildman–Crippen MR) is 73.5 cm³/mol. The first-order valence-corrected chi connectivity index (χ1v) is 7.22. The van der Waals surface area contributed by atoms with E-state index in [9.17, 15) is 5.11 Å². The molecule has 0 amide bonds. The molecule has 2 rings (SSSR count). The van der Waals surface area contributed by atoms with Crippen LogP contribution in [0.4, 0.5) is 0 Å². The van der Waals surface area contributed by atoms with Crippen molar-refractivity contribution in [3.8, 4) is 0 Å². The van der Waals surface area contributed by atoms with Gasteiger partial charge in [-0.05, 0) is 38.2 Å². The molecule has 1 aliphatic carbocycles. The van der Waals surface area contributed by atoms with Gasteiger partial charge in [-0.15, -0.1) is 0 Å². The van der Waals surface area contributed by atoms with Crippen molar-refractivity contribution in [3.05, 3.63) is 17.5 Å². The number of hydrogen-bond acceptors (Lipinski definition) is 2. The fraction of sp³-hybridized carbons (Fsp3) is 0.800. The van der Waals surface area contributed by atoms with Crippen molar-refractivity contribution in [1.82, 2.24) is 9.78 Å². The molecule has 3 nitrogen and oxygen atoms in total. The summed E-state index contributed by atoms with van der Waals surface area (Å²) in [4.78, 5) is 0. The third-order valence-corrected chi connectivity index (χ3v) is 4.74. The van der Waals surface area contributed by atoms with Crippen LogP contribution in [-0.4, -0.2) is 20.5 Å². The highest BCUT2D eigenvalue weighted by Crippen LogP contribution is 2.39. The molecular weight excluding hydrogens is 224 g/mol. The summed E-state index contributed by atoms with van der Waals surface area (Å²) < 4.78 is 2.03. The van der Waals surface area contributed by atoms with Crippen molar-refractivity contribution in [3.63, 3.8) is 0 Å². The lowest BCUT2D eigenvalue weighted by Crippen LogP contribution is -2.45. The summed E-state index contributed by atoms with van der Waals surface area (Å²) in [5.74, 6) is 0.981. The van der Waals surface area contributed by atoms with Crippen LogP contribution in [-0.2, 0) is 13.0 Å². The molecule has 1 N–H and O–H groups in total. The molecule has 1 heterocycles. The quantitative estimate of drug-likeness (QED) is 0.895. The summed E-state index contributed by atoms with van der Waals surface area (Å²) in [5.41, 5.74) is 1.68. The molecule has 3 atom stereocenters. The molecule has 18 heavy (non-hydrogen) atoms. The molecule has 1 aromatic heterocycles. The van der Waals surface area contributed by atoms with Gasteiger partial charge in [-0.25, -0.2) is 0 Å². The van der Waals surface area contributed by atoms with Gasteiger partial charge >= 0.3 is 0 Å². The van der Waals surface area contributed by atoms with Crippen molar-refractivity contribution in [2.75, 3.05) is 0 Å². The average molecular weight is 250 g/mol. The second-order valence-electron chi connectivity index (χ2n) is 6.03. The Morgan fingerprint density at radius 1 is 1.50 bits per heavy atom. The summed E-state index contributed by atoms with van der Waals surface area (Å²) in [7, 11) is 0. The van der Waals surface area contributed by atoms with Crippen LogP contribution >= 0.6 is 0 Å². The summed E-state index contributed by atoms with van der Waals surface area (Å²) in [6.45, 7) is 9.46. The molecule has 0 spiro atoms. The minimum Gasteiger partial charge on any atom is -0.389 e. The number of hydrogen-bond donors (Lipinski definition) is 1. The zero-order valence-electron chi connectivity index (χ0n) is 12.1. The van der Waals surface area contributed by atoms with Gasteiger partial charge in [-0.1, -0.05) is 26.7 Å². The van der Waals surface area contributed by atoms with Gasteiger partial charge in [-0.2, -0.15) is 5.10 Å². The Morgan fingerprint density at radius 3 is 2.89 bits per heavy atom. The monoisotopic (exact) mass is 250 g/mol. The van der Waals surface area contributed by atoms with Crippen LogP contribution < -0.4 is 0 Å². The SMILES string of the molecule is CCn1nc(C)cc1CC1(O)CCCC(C)C1C. The lowest BCUT2D eigenvalue weighted by Gasteiger charge is -2.42. The lowest BCUT2D eigenvalue weighted by atomic mass is 9.69.